The number of ether oxygens (including phenoxy) is 1. The molecule has 0 saturated heterocycles. The molecular formula is C25H25FN2O4. The lowest BCUT2D eigenvalue weighted by Crippen LogP contribution is -2.46. The van der Waals surface area contributed by atoms with Gasteiger partial charge in [-0.05, 0) is 43.2 Å². The number of nitrogens with zero attached hydrogens (tertiary/aromatic N) is 1. The summed E-state index contributed by atoms with van der Waals surface area (Å²) in [4.78, 5) is 28.4. The van der Waals surface area contributed by atoms with E-state index in [0.717, 1.165) is 25.7 Å². The predicted octanol–water partition coefficient (Wildman–Crippen LogP) is 4.87. The highest BCUT2D eigenvalue weighted by Gasteiger charge is 2.37. The van der Waals surface area contributed by atoms with E-state index in [4.69, 9.17) is 9.15 Å². The smallest absolute Gasteiger partial charge is 0.294 e. The van der Waals surface area contributed by atoms with Crippen LogP contribution in [0.4, 0.5) is 10.1 Å². The molecule has 1 fully saturated rings. The van der Waals surface area contributed by atoms with Crippen molar-refractivity contribution >= 4 is 17.5 Å². The summed E-state index contributed by atoms with van der Waals surface area (Å²) in [6.45, 7) is 0. The number of hydrogen-bond donors (Lipinski definition) is 1. The van der Waals surface area contributed by atoms with Crippen LogP contribution in [0.15, 0.2) is 71.3 Å². The predicted molar refractivity (Wildman–Crippen MR) is 118 cm³/mol. The highest BCUT2D eigenvalue weighted by Crippen LogP contribution is 2.33. The first-order chi connectivity index (χ1) is 15.6. The minimum absolute atomic E-state index is 0.00245. The standard InChI is InChI=1S/C25H25FN2O4/c1-31-19-11-6-10-18(16-19)28(25(30)22-14-7-15-32-22)23(20-12-4-5-13-21(20)26)24(29)27-17-8-2-3-9-17/h4-7,10-17,23H,2-3,8-9H2,1H3,(H,27,29)/t23-/m1/s1. The third kappa shape index (κ3) is 4.51. The van der Waals surface area contributed by atoms with Gasteiger partial charge >= 0.3 is 0 Å². The SMILES string of the molecule is COc1cccc(N(C(=O)c2ccco2)[C@@H](C(=O)NC2CCCC2)c2ccccc2F)c1. The van der Waals surface area contributed by atoms with Gasteiger partial charge in [0.05, 0.1) is 13.4 Å². The van der Waals surface area contributed by atoms with E-state index in [1.807, 2.05) is 0 Å². The number of furan rings is 1. The molecule has 1 atom stereocenters. The van der Waals surface area contributed by atoms with Gasteiger partial charge in [0.15, 0.2) is 5.76 Å². The van der Waals surface area contributed by atoms with Crippen LogP contribution < -0.4 is 15.0 Å². The van der Waals surface area contributed by atoms with Gasteiger partial charge in [0.1, 0.15) is 17.6 Å². The van der Waals surface area contributed by atoms with Gasteiger partial charge in [-0.25, -0.2) is 4.39 Å². The maximum Gasteiger partial charge on any atom is 0.294 e. The van der Waals surface area contributed by atoms with E-state index >= 15 is 0 Å². The van der Waals surface area contributed by atoms with E-state index in [1.54, 1.807) is 42.5 Å². The molecule has 0 spiro atoms. The van der Waals surface area contributed by atoms with Crippen molar-refractivity contribution in [2.24, 2.45) is 0 Å². The van der Waals surface area contributed by atoms with Crippen LogP contribution in [-0.4, -0.2) is 25.0 Å². The Bertz CT molecular complexity index is 1080. The molecule has 1 aliphatic carbocycles. The van der Waals surface area contributed by atoms with Crippen LogP contribution in [0.1, 0.15) is 47.8 Å². The summed E-state index contributed by atoms with van der Waals surface area (Å²) in [6.07, 6.45) is 5.16. The third-order valence-corrected chi connectivity index (χ3v) is 5.69. The fourth-order valence-electron chi connectivity index (χ4n) is 4.11. The zero-order chi connectivity index (χ0) is 22.5. The first kappa shape index (κ1) is 21.6. The second-order valence-corrected chi connectivity index (χ2v) is 7.77. The summed E-state index contributed by atoms with van der Waals surface area (Å²) >= 11 is 0. The lowest BCUT2D eigenvalue weighted by Gasteiger charge is -2.32. The van der Waals surface area contributed by atoms with E-state index in [2.05, 4.69) is 5.32 Å². The number of carbonyl (C=O) groups excluding carboxylic acids is 2. The lowest BCUT2D eigenvalue weighted by atomic mass is 10.0. The van der Waals surface area contributed by atoms with Gasteiger partial charge in [0, 0.05) is 23.4 Å². The number of anilines is 1. The van der Waals surface area contributed by atoms with Gasteiger partial charge in [0.25, 0.3) is 5.91 Å². The molecule has 166 valence electrons. The third-order valence-electron chi connectivity index (χ3n) is 5.69. The van der Waals surface area contributed by atoms with Crippen molar-refractivity contribution in [3.63, 3.8) is 0 Å². The number of amides is 2. The normalized spacial score (nSPS) is 14.7. The minimum Gasteiger partial charge on any atom is -0.497 e. The Morgan fingerprint density at radius 2 is 1.88 bits per heavy atom. The second-order valence-electron chi connectivity index (χ2n) is 7.77. The van der Waals surface area contributed by atoms with Crippen LogP contribution in [0, 0.1) is 5.82 Å². The highest BCUT2D eigenvalue weighted by atomic mass is 19.1. The van der Waals surface area contributed by atoms with Crippen LogP contribution in [0.2, 0.25) is 0 Å². The minimum atomic E-state index is -1.23. The largest absolute Gasteiger partial charge is 0.497 e. The Balaban J connectivity index is 1.84. The number of rotatable bonds is 7. The summed E-state index contributed by atoms with van der Waals surface area (Å²) < 4.78 is 25.6. The second kappa shape index (κ2) is 9.68. The number of hydrogen-bond acceptors (Lipinski definition) is 4. The Morgan fingerprint density at radius 3 is 2.56 bits per heavy atom. The Morgan fingerprint density at radius 1 is 1.09 bits per heavy atom. The van der Waals surface area contributed by atoms with Crippen molar-refractivity contribution in [2.75, 3.05) is 12.0 Å². The monoisotopic (exact) mass is 436 g/mol. The molecule has 2 amide bonds. The molecule has 0 unspecified atom stereocenters. The van der Waals surface area contributed by atoms with Gasteiger partial charge in [-0.3, -0.25) is 14.5 Å². The van der Waals surface area contributed by atoms with E-state index in [1.165, 1.54) is 36.5 Å². The first-order valence-electron chi connectivity index (χ1n) is 10.6. The fraction of sp³-hybridized carbons (Fsp3) is 0.280. The highest BCUT2D eigenvalue weighted by molar-refractivity contribution is 6.08. The molecule has 3 aromatic rings. The molecule has 1 N–H and O–H groups in total. The molecule has 2 aromatic carbocycles. The molecule has 0 bridgehead atoms. The maximum atomic E-state index is 15.0. The van der Waals surface area contributed by atoms with Gasteiger partial charge in [0.2, 0.25) is 5.91 Å². The maximum absolute atomic E-state index is 15.0. The molecular weight excluding hydrogens is 411 g/mol. The van der Waals surface area contributed by atoms with Crippen molar-refractivity contribution in [3.05, 3.63) is 84.1 Å². The fourth-order valence-corrected chi connectivity index (χ4v) is 4.11. The van der Waals surface area contributed by atoms with Crippen molar-refractivity contribution in [3.8, 4) is 5.75 Å². The Labute approximate surface area is 186 Å². The van der Waals surface area contributed by atoms with Gasteiger partial charge in [-0.2, -0.15) is 0 Å². The number of methoxy groups -OCH3 is 1. The van der Waals surface area contributed by atoms with Gasteiger partial charge < -0.3 is 14.5 Å². The number of carbonyl (C=O) groups is 2. The molecule has 7 heteroatoms. The van der Waals surface area contributed by atoms with Gasteiger partial charge in [-0.15, -0.1) is 0 Å². The Hall–Kier alpha value is -3.61. The topological polar surface area (TPSA) is 71.8 Å². The van der Waals surface area contributed by atoms with Crippen LogP contribution in [0.5, 0.6) is 5.75 Å². The van der Waals surface area contributed by atoms with E-state index in [9.17, 15) is 14.0 Å². The quantitative estimate of drug-likeness (QED) is 0.573. The van der Waals surface area contributed by atoms with E-state index in [0.29, 0.717) is 11.4 Å². The zero-order valence-electron chi connectivity index (χ0n) is 17.8. The first-order valence-corrected chi connectivity index (χ1v) is 10.6. The molecule has 4 rings (SSSR count). The molecule has 1 aromatic heterocycles. The van der Waals surface area contributed by atoms with Crippen LogP contribution in [0.25, 0.3) is 0 Å². The van der Waals surface area contributed by atoms with E-state index < -0.39 is 23.7 Å². The molecule has 0 aliphatic heterocycles. The number of nitrogens with one attached hydrogen (secondary N) is 1. The molecule has 1 aliphatic rings. The molecule has 6 nitrogen and oxygen atoms in total. The summed E-state index contributed by atoms with van der Waals surface area (Å²) in [5.41, 5.74) is 0.492. The summed E-state index contributed by atoms with van der Waals surface area (Å²) in [7, 11) is 1.51. The van der Waals surface area contributed by atoms with Crippen LogP contribution in [0.3, 0.4) is 0 Å². The van der Waals surface area contributed by atoms with Gasteiger partial charge in [-0.1, -0.05) is 37.1 Å². The summed E-state index contributed by atoms with van der Waals surface area (Å²) in [5, 5.41) is 3.02. The average molecular weight is 436 g/mol. The van der Waals surface area contributed by atoms with Crippen molar-refractivity contribution in [1.82, 2.24) is 5.32 Å². The van der Waals surface area contributed by atoms with E-state index in [-0.39, 0.29) is 17.4 Å². The zero-order valence-corrected chi connectivity index (χ0v) is 17.8. The van der Waals surface area contributed by atoms with Crippen LogP contribution >= 0.6 is 0 Å². The molecule has 1 heterocycles. The van der Waals surface area contributed by atoms with Crippen molar-refractivity contribution in [1.29, 1.82) is 0 Å². The number of halogens is 1. The molecule has 1 saturated carbocycles. The molecule has 32 heavy (non-hydrogen) atoms. The average Bonchev–Trinajstić information content (AvgIpc) is 3.52. The molecule has 0 radical (unpaired) electrons. The van der Waals surface area contributed by atoms with Crippen molar-refractivity contribution in [2.45, 2.75) is 37.8 Å². The summed E-state index contributed by atoms with van der Waals surface area (Å²) in [5.74, 6) is -1.02. The lowest BCUT2D eigenvalue weighted by molar-refractivity contribution is -0.123. The Kier molecular flexibility index (Phi) is 6.54. The van der Waals surface area contributed by atoms with Crippen molar-refractivity contribution < 1.29 is 23.1 Å². The number of benzene rings is 2. The summed E-state index contributed by atoms with van der Waals surface area (Å²) in [6, 6.07) is 14.6. The van der Waals surface area contributed by atoms with Crippen LogP contribution in [-0.2, 0) is 4.79 Å².